The van der Waals surface area contributed by atoms with Crippen molar-refractivity contribution in [3.63, 3.8) is 0 Å². The van der Waals surface area contributed by atoms with Crippen molar-refractivity contribution in [3.05, 3.63) is 42.0 Å². The van der Waals surface area contributed by atoms with Gasteiger partial charge < -0.3 is 0 Å². The first-order chi connectivity index (χ1) is 7.58. The number of allylic oxidation sites excluding steroid dienone is 1. The monoisotopic (exact) mass is 258 g/mol. The van der Waals surface area contributed by atoms with Gasteiger partial charge in [-0.2, -0.15) is 8.42 Å². The molecule has 17 heavy (non-hydrogen) atoms. The van der Waals surface area contributed by atoms with Gasteiger partial charge in [0.05, 0.1) is 0 Å². The number of benzene rings is 1. The van der Waals surface area contributed by atoms with Gasteiger partial charge in [0.15, 0.2) is 0 Å². The molecule has 0 bridgehead atoms. The first-order valence-electron chi connectivity index (χ1n) is 5.02. The van der Waals surface area contributed by atoms with Crippen molar-refractivity contribution in [2.75, 3.05) is 0 Å². The average molecular weight is 258 g/mol. The van der Waals surface area contributed by atoms with E-state index < -0.39 is 10.4 Å². The minimum absolute atomic E-state index is 0.274. The van der Waals surface area contributed by atoms with Crippen molar-refractivity contribution in [3.8, 4) is 0 Å². The zero-order valence-corrected chi connectivity index (χ0v) is 11.0. The molecule has 0 aliphatic heterocycles. The molecule has 0 spiro atoms. The molecule has 0 heterocycles. The Balaban J connectivity index is 0.000000437. The summed E-state index contributed by atoms with van der Waals surface area (Å²) in [7, 11) is -4.67. The van der Waals surface area contributed by atoms with Crippen LogP contribution in [0.5, 0.6) is 0 Å². The van der Waals surface area contributed by atoms with Gasteiger partial charge in [-0.15, -0.1) is 0 Å². The van der Waals surface area contributed by atoms with Crippen LogP contribution in [-0.4, -0.2) is 17.5 Å². The fraction of sp³-hybridized carbons (Fsp3) is 0.333. The lowest BCUT2D eigenvalue weighted by molar-refractivity contribution is 0.381. The molecule has 1 rings (SSSR count). The van der Waals surface area contributed by atoms with E-state index in [0.717, 1.165) is 0 Å². The highest BCUT2D eigenvalue weighted by atomic mass is 32.3. The van der Waals surface area contributed by atoms with E-state index in [1.165, 1.54) is 5.56 Å². The molecule has 0 atom stereocenters. The second-order valence-electron chi connectivity index (χ2n) is 4.56. The van der Waals surface area contributed by atoms with Gasteiger partial charge in [0.1, 0.15) is 0 Å². The summed E-state index contributed by atoms with van der Waals surface area (Å²) < 4.78 is 31.6. The largest absolute Gasteiger partial charge is 0.394 e. The van der Waals surface area contributed by atoms with E-state index in [-0.39, 0.29) is 5.41 Å². The van der Waals surface area contributed by atoms with Crippen molar-refractivity contribution >= 4 is 16.5 Å². The summed E-state index contributed by atoms with van der Waals surface area (Å²) in [6.07, 6.45) is 4.39. The van der Waals surface area contributed by atoms with Gasteiger partial charge >= 0.3 is 10.4 Å². The quantitative estimate of drug-likeness (QED) is 0.759. The summed E-state index contributed by atoms with van der Waals surface area (Å²) in [5.74, 6) is 0. The minimum atomic E-state index is -4.67. The van der Waals surface area contributed by atoms with E-state index in [2.05, 4.69) is 57.2 Å². The highest BCUT2D eigenvalue weighted by molar-refractivity contribution is 7.79. The zero-order valence-electron chi connectivity index (χ0n) is 10.2. The number of hydrogen-bond donors (Lipinski definition) is 2. The van der Waals surface area contributed by atoms with Crippen LogP contribution in [-0.2, 0) is 10.4 Å². The van der Waals surface area contributed by atoms with E-state index in [1.54, 1.807) is 0 Å². The fourth-order valence-corrected chi connectivity index (χ4v) is 0.910. The van der Waals surface area contributed by atoms with Crippen molar-refractivity contribution in [1.29, 1.82) is 0 Å². The van der Waals surface area contributed by atoms with Crippen LogP contribution >= 0.6 is 0 Å². The van der Waals surface area contributed by atoms with E-state index >= 15 is 0 Å². The molecule has 1 aromatic carbocycles. The molecule has 0 aliphatic carbocycles. The standard InChI is InChI=1S/C12H16.H2O4S/c1-12(2,3)10-9-11-7-5-4-6-8-11;1-5(2,3)4/h4-10H,1-3H3;(H2,1,2,3,4). The first kappa shape index (κ1) is 15.8. The maximum Gasteiger partial charge on any atom is 0.394 e. The van der Waals surface area contributed by atoms with Crippen molar-refractivity contribution in [1.82, 2.24) is 0 Å². The van der Waals surface area contributed by atoms with Crippen LogP contribution in [0, 0.1) is 5.41 Å². The third-order valence-corrected chi connectivity index (χ3v) is 1.58. The van der Waals surface area contributed by atoms with Crippen molar-refractivity contribution < 1.29 is 17.5 Å². The Morgan fingerprint density at radius 2 is 1.47 bits per heavy atom. The van der Waals surface area contributed by atoms with Gasteiger partial charge in [-0.3, -0.25) is 9.11 Å². The summed E-state index contributed by atoms with van der Waals surface area (Å²) in [5.41, 5.74) is 1.54. The lowest BCUT2D eigenvalue weighted by Crippen LogP contribution is -1.97. The molecule has 0 saturated carbocycles. The molecular formula is C12H18O4S. The normalized spacial score (nSPS) is 12.1. The smallest absolute Gasteiger partial charge is 0.264 e. The molecule has 96 valence electrons. The van der Waals surface area contributed by atoms with Crippen LogP contribution in [0.25, 0.3) is 6.08 Å². The molecule has 0 amide bonds. The average Bonchev–Trinajstić information content (AvgIpc) is 2.13. The van der Waals surface area contributed by atoms with Gasteiger partial charge in [-0.1, -0.05) is 63.3 Å². The lowest BCUT2D eigenvalue weighted by atomic mass is 9.95. The van der Waals surface area contributed by atoms with E-state index in [0.29, 0.717) is 0 Å². The summed E-state index contributed by atoms with van der Waals surface area (Å²) in [4.78, 5) is 0. The Morgan fingerprint density at radius 1 is 1.06 bits per heavy atom. The van der Waals surface area contributed by atoms with Gasteiger partial charge in [-0.25, -0.2) is 0 Å². The van der Waals surface area contributed by atoms with Crippen LogP contribution in [0.4, 0.5) is 0 Å². The highest BCUT2D eigenvalue weighted by Crippen LogP contribution is 2.16. The Kier molecular flexibility index (Phi) is 6.09. The van der Waals surface area contributed by atoms with Gasteiger partial charge in [0, 0.05) is 0 Å². The summed E-state index contributed by atoms with van der Waals surface area (Å²) >= 11 is 0. The molecule has 2 N–H and O–H groups in total. The van der Waals surface area contributed by atoms with Crippen LogP contribution in [0.15, 0.2) is 36.4 Å². The second-order valence-corrected chi connectivity index (χ2v) is 5.45. The lowest BCUT2D eigenvalue weighted by Gasteiger charge is -2.10. The third kappa shape index (κ3) is 14.8. The predicted molar refractivity (Wildman–Crippen MR) is 69.1 cm³/mol. The van der Waals surface area contributed by atoms with Gasteiger partial charge in [-0.05, 0) is 11.0 Å². The van der Waals surface area contributed by atoms with Gasteiger partial charge in [0.2, 0.25) is 0 Å². The SMILES string of the molecule is CC(C)(C)C=Cc1ccccc1.O=S(=O)(O)O. The minimum Gasteiger partial charge on any atom is -0.264 e. The molecule has 0 aliphatic rings. The van der Waals surface area contributed by atoms with E-state index in [4.69, 9.17) is 17.5 Å². The maximum atomic E-state index is 8.74. The second kappa shape index (κ2) is 6.54. The van der Waals surface area contributed by atoms with Crippen LogP contribution in [0.2, 0.25) is 0 Å². The van der Waals surface area contributed by atoms with Crippen LogP contribution < -0.4 is 0 Å². The Morgan fingerprint density at radius 3 is 1.82 bits per heavy atom. The maximum absolute atomic E-state index is 8.74. The highest BCUT2D eigenvalue weighted by Gasteiger charge is 2.02. The summed E-state index contributed by atoms with van der Waals surface area (Å²) in [5, 5.41) is 0. The number of hydrogen-bond acceptors (Lipinski definition) is 2. The number of rotatable bonds is 1. The Labute approximate surface area is 103 Å². The Hall–Kier alpha value is -1.17. The molecule has 1 aromatic rings. The van der Waals surface area contributed by atoms with Gasteiger partial charge in [0.25, 0.3) is 0 Å². The molecule has 0 fully saturated rings. The van der Waals surface area contributed by atoms with Crippen molar-refractivity contribution in [2.45, 2.75) is 20.8 Å². The molecule has 5 heteroatoms. The Bertz CT molecular complexity index is 433. The van der Waals surface area contributed by atoms with E-state index in [9.17, 15) is 0 Å². The predicted octanol–water partition coefficient (Wildman–Crippen LogP) is 3.09. The summed E-state index contributed by atoms with van der Waals surface area (Å²) in [6.45, 7) is 6.60. The third-order valence-electron chi connectivity index (χ3n) is 1.58. The molecule has 0 radical (unpaired) electrons. The first-order valence-corrected chi connectivity index (χ1v) is 6.42. The molecule has 4 nitrogen and oxygen atoms in total. The summed E-state index contributed by atoms with van der Waals surface area (Å²) in [6, 6.07) is 10.4. The van der Waals surface area contributed by atoms with Crippen LogP contribution in [0.1, 0.15) is 26.3 Å². The fourth-order valence-electron chi connectivity index (χ4n) is 0.910. The molecule has 0 unspecified atom stereocenters. The topological polar surface area (TPSA) is 74.6 Å². The van der Waals surface area contributed by atoms with E-state index in [1.807, 2.05) is 6.07 Å². The zero-order chi connectivity index (χ0) is 13.5. The molecule has 0 saturated heterocycles. The van der Waals surface area contributed by atoms with Crippen molar-refractivity contribution in [2.24, 2.45) is 5.41 Å². The molecular weight excluding hydrogens is 240 g/mol. The molecule has 0 aromatic heterocycles. The van der Waals surface area contributed by atoms with Crippen LogP contribution in [0.3, 0.4) is 0 Å².